The van der Waals surface area contributed by atoms with Crippen molar-refractivity contribution in [2.24, 2.45) is 0 Å². The molecule has 0 bridgehead atoms. The highest BCUT2D eigenvalue weighted by atomic mass is 35.5. The summed E-state index contributed by atoms with van der Waals surface area (Å²) in [4.78, 5) is 10.0. The molecule has 0 aliphatic carbocycles. The number of carbonyl (C=O) groups excluding carboxylic acids is 1. The van der Waals surface area contributed by atoms with Gasteiger partial charge in [-0.05, 0) is 6.92 Å². The molecule has 1 aliphatic heterocycles. The third-order valence-corrected chi connectivity index (χ3v) is 2.22. The van der Waals surface area contributed by atoms with Crippen LogP contribution in [-0.4, -0.2) is 18.9 Å². The van der Waals surface area contributed by atoms with Crippen LogP contribution >= 0.6 is 11.6 Å². The van der Waals surface area contributed by atoms with Gasteiger partial charge in [-0.25, -0.2) is 26.7 Å². The number of cyclic esters (lactones) is 2. The molecule has 1 aromatic carbocycles. The Kier molecular flexibility index (Phi) is 4.93. The Morgan fingerprint density at radius 3 is 1.68 bits per heavy atom. The molecule has 0 N–H and O–H groups in total. The number of benzene rings is 1. The fraction of sp³-hybridized carbons (Fsp3) is 0.300. The van der Waals surface area contributed by atoms with Gasteiger partial charge in [-0.1, -0.05) is 11.6 Å². The number of rotatable bonds is 0. The lowest BCUT2D eigenvalue weighted by Gasteiger charge is -2.00. The van der Waals surface area contributed by atoms with Gasteiger partial charge in [-0.15, -0.1) is 0 Å². The van der Waals surface area contributed by atoms with Crippen LogP contribution in [0.4, 0.5) is 26.7 Å². The fourth-order valence-electron chi connectivity index (χ4n) is 0.996. The van der Waals surface area contributed by atoms with E-state index in [-0.39, 0.29) is 6.10 Å². The zero-order valence-corrected chi connectivity index (χ0v) is 10.0. The van der Waals surface area contributed by atoms with E-state index in [1.807, 2.05) is 0 Å². The Balaban J connectivity index is 0.000000218. The molecule has 2 rings (SSSR count). The fourth-order valence-corrected chi connectivity index (χ4v) is 1.16. The third kappa shape index (κ3) is 3.46. The first kappa shape index (κ1) is 15.5. The maximum Gasteiger partial charge on any atom is 0.508 e. The summed E-state index contributed by atoms with van der Waals surface area (Å²) < 4.78 is 70.0. The molecular formula is C10H6ClF5O3. The molecule has 106 valence electrons. The van der Waals surface area contributed by atoms with E-state index in [0.717, 1.165) is 0 Å². The van der Waals surface area contributed by atoms with Gasteiger partial charge >= 0.3 is 6.16 Å². The molecule has 1 aromatic rings. The lowest BCUT2D eigenvalue weighted by Crippen LogP contribution is -2.01. The highest BCUT2D eigenvalue weighted by molar-refractivity contribution is 6.30. The number of halogens is 6. The lowest BCUT2D eigenvalue weighted by atomic mass is 10.3. The van der Waals surface area contributed by atoms with Crippen molar-refractivity contribution in [2.75, 3.05) is 6.61 Å². The van der Waals surface area contributed by atoms with Gasteiger partial charge in [-0.2, -0.15) is 0 Å². The van der Waals surface area contributed by atoms with E-state index in [1.165, 1.54) is 0 Å². The molecule has 1 heterocycles. The van der Waals surface area contributed by atoms with Gasteiger partial charge < -0.3 is 9.47 Å². The van der Waals surface area contributed by atoms with Crippen LogP contribution in [0.1, 0.15) is 6.92 Å². The molecule has 1 aliphatic rings. The van der Waals surface area contributed by atoms with Crippen LogP contribution in [0, 0.1) is 29.1 Å². The molecule has 1 fully saturated rings. The summed E-state index contributed by atoms with van der Waals surface area (Å²) in [6, 6.07) is 0. The SMILES string of the molecule is CC1COC(=O)O1.Fc1c(F)c(F)c(Cl)c(F)c1F. The summed E-state index contributed by atoms with van der Waals surface area (Å²) in [5.74, 6) is -10.3. The highest BCUT2D eigenvalue weighted by Crippen LogP contribution is 2.26. The zero-order valence-electron chi connectivity index (χ0n) is 9.28. The van der Waals surface area contributed by atoms with Crippen molar-refractivity contribution in [1.29, 1.82) is 0 Å². The Hall–Kier alpha value is -1.57. The molecule has 0 aromatic heterocycles. The zero-order chi connectivity index (χ0) is 14.7. The summed E-state index contributed by atoms with van der Waals surface area (Å²) in [5.41, 5.74) is 0. The van der Waals surface area contributed by atoms with Gasteiger partial charge in [0.1, 0.15) is 17.7 Å². The van der Waals surface area contributed by atoms with E-state index in [1.54, 1.807) is 6.92 Å². The van der Waals surface area contributed by atoms with Gasteiger partial charge in [0.2, 0.25) is 5.82 Å². The van der Waals surface area contributed by atoms with Crippen molar-refractivity contribution in [3.05, 3.63) is 34.1 Å². The van der Waals surface area contributed by atoms with Crippen LogP contribution in [0.2, 0.25) is 5.02 Å². The first-order valence-corrected chi connectivity index (χ1v) is 5.13. The topological polar surface area (TPSA) is 35.5 Å². The molecule has 9 heteroatoms. The van der Waals surface area contributed by atoms with Crippen molar-refractivity contribution >= 4 is 17.8 Å². The van der Waals surface area contributed by atoms with Crippen LogP contribution in [0.5, 0.6) is 0 Å². The molecule has 19 heavy (non-hydrogen) atoms. The van der Waals surface area contributed by atoms with Gasteiger partial charge in [0.25, 0.3) is 0 Å². The van der Waals surface area contributed by atoms with Crippen molar-refractivity contribution in [3.63, 3.8) is 0 Å². The number of ether oxygens (including phenoxy) is 2. The Morgan fingerprint density at radius 1 is 1.00 bits per heavy atom. The largest absolute Gasteiger partial charge is 0.508 e. The number of carbonyl (C=O) groups is 1. The first-order valence-electron chi connectivity index (χ1n) is 4.76. The van der Waals surface area contributed by atoms with Gasteiger partial charge in [0.15, 0.2) is 23.3 Å². The van der Waals surface area contributed by atoms with Gasteiger partial charge in [-0.3, -0.25) is 0 Å². The maximum absolute atomic E-state index is 12.3. The van der Waals surface area contributed by atoms with Crippen molar-refractivity contribution in [3.8, 4) is 0 Å². The molecule has 0 saturated carbocycles. The molecule has 0 spiro atoms. The molecule has 3 nitrogen and oxygen atoms in total. The minimum atomic E-state index is -2.21. The number of hydrogen-bond donors (Lipinski definition) is 0. The Morgan fingerprint density at radius 2 is 1.42 bits per heavy atom. The molecule has 0 radical (unpaired) electrons. The predicted molar refractivity (Wildman–Crippen MR) is 53.1 cm³/mol. The van der Waals surface area contributed by atoms with E-state index in [2.05, 4.69) is 9.47 Å². The summed E-state index contributed by atoms with van der Waals surface area (Å²) >= 11 is 4.76. The standard InChI is InChI=1S/C6ClF5.C4H6O3/c7-1-2(8)4(10)6(12)5(11)3(1)9;1-3-2-6-4(5)7-3/h;3H,2H2,1H3. The van der Waals surface area contributed by atoms with E-state index < -0.39 is 40.3 Å². The molecular weight excluding hydrogens is 299 g/mol. The van der Waals surface area contributed by atoms with Crippen LogP contribution in [0.15, 0.2) is 0 Å². The molecule has 1 saturated heterocycles. The number of hydrogen-bond acceptors (Lipinski definition) is 3. The van der Waals surface area contributed by atoms with E-state index in [4.69, 9.17) is 11.6 Å². The Labute approximate surface area is 108 Å². The maximum atomic E-state index is 12.3. The van der Waals surface area contributed by atoms with Crippen LogP contribution in [0.25, 0.3) is 0 Å². The normalized spacial score (nSPS) is 17.4. The van der Waals surface area contributed by atoms with Crippen LogP contribution in [-0.2, 0) is 9.47 Å². The van der Waals surface area contributed by atoms with Crippen molar-refractivity contribution in [1.82, 2.24) is 0 Å². The van der Waals surface area contributed by atoms with E-state index in [9.17, 15) is 26.7 Å². The van der Waals surface area contributed by atoms with E-state index >= 15 is 0 Å². The van der Waals surface area contributed by atoms with Crippen molar-refractivity contribution in [2.45, 2.75) is 13.0 Å². The predicted octanol–water partition coefficient (Wildman–Crippen LogP) is 3.58. The lowest BCUT2D eigenvalue weighted by molar-refractivity contribution is 0.121. The molecule has 1 unspecified atom stereocenters. The summed E-state index contributed by atoms with van der Waals surface area (Å²) in [6.45, 7) is 2.18. The van der Waals surface area contributed by atoms with Crippen LogP contribution in [0.3, 0.4) is 0 Å². The minimum Gasteiger partial charge on any atom is -0.430 e. The van der Waals surface area contributed by atoms with Crippen molar-refractivity contribution < 1.29 is 36.2 Å². The average molecular weight is 305 g/mol. The summed E-state index contributed by atoms with van der Waals surface area (Å²) in [5, 5.41) is -1.40. The van der Waals surface area contributed by atoms with E-state index in [0.29, 0.717) is 6.61 Å². The first-order chi connectivity index (χ1) is 8.75. The minimum absolute atomic E-state index is 0.0486. The summed E-state index contributed by atoms with van der Waals surface area (Å²) in [7, 11) is 0. The van der Waals surface area contributed by atoms with Gasteiger partial charge in [0.05, 0.1) is 0 Å². The summed E-state index contributed by atoms with van der Waals surface area (Å²) in [6.07, 6.45) is -0.597. The van der Waals surface area contributed by atoms with Gasteiger partial charge in [0, 0.05) is 0 Å². The smallest absolute Gasteiger partial charge is 0.430 e. The second-order valence-electron chi connectivity index (χ2n) is 3.37. The average Bonchev–Trinajstić information content (AvgIpc) is 2.76. The van der Waals surface area contributed by atoms with Crippen LogP contribution < -0.4 is 0 Å². The monoisotopic (exact) mass is 304 g/mol. The molecule has 1 atom stereocenters. The third-order valence-electron chi connectivity index (χ3n) is 1.89. The second kappa shape index (κ2) is 6.05. The Bertz CT molecular complexity index is 403. The second-order valence-corrected chi connectivity index (χ2v) is 3.75. The highest BCUT2D eigenvalue weighted by Gasteiger charge is 2.24. The molecule has 0 amide bonds. The quantitative estimate of drug-likeness (QED) is 0.318.